The van der Waals surface area contributed by atoms with Crippen LogP contribution in [-0.2, 0) is 14.8 Å². The van der Waals surface area contributed by atoms with Crippen molar-refractivity contribution < 1.29 is 32.2 Å². The number of methoxy groups -OCH3 is 3. The van der Waals surface area contributed by atoms with Crippen LogP contribution < -0.4 is 19.5 Å². The SMILES string of the molecule is COC(=O)c1cc(OC)c(OC)cc1NC(=O)c1ccc(C)c(S(=O)(=O)Nc2ccccc2C)c1. The second-order valence-corrected chi connectivity index (χ2v) is 9.25. The van der Waals surface area contributed by atoms with Gasteiger partial charge >= 0.3 is 5.97 Å². The van der Waals surface area contributed by atoms with Crippen molar-refractivity contribution in [2.75, 3.05) is 31.4 Å². The number of hydrogen-bond acceptors (Lipinski definition) is 7. The van der Waals surface area contributed by atoms with Crippen LogP contribution in [0.3, 0.4) is 0 Å². The molecule has 3 rings (SSSR count). The fourth-order valence-corrected chi connectivity index (χ4v) is 4.78. The van der Waals surface area contributed by atoms with E-state index >= 15 is 0 Å². The van der Waals surface area contributed by atoms with Crippen LogP contribution in [0.15, 0.2) is 59.5 Å². The highest BCUT2D eigenvalue weighted by Gasteiger charge is 2.22. The van der Waals surface area contributed by atoms with Crippen LogP contribution in [0.25, 0.3) is 0 Å². The van der Waals surface area contributed by atoms with Gasteiger partial charge in [0.05, 0.1) is 43.2 Å². The van der Waals surface area contributed by atoms with Crippen molar-refractivity contribution in [1.82, 2.24) is 0 Å². The minimum atomic E-state index is -3.98. The number of esters is 1. The van der Waals surface area contributed by atoms with Crippen molar-refractivity contribution in [2.45, 2.75) is 18.7 Å². The Kier molecular flexibility index (Phi) is 7.65. The maximum absolute atomic E-state index is 13.1. The largest absolute Gasteiger partial charge is 0.493 e. The van der Waals surface area contributed by atoms with E-state index in [4.69, 9.17) is 14.2 Å². The number of anilines is 2. The molecule has 0 bridgehead atoms. The Morgan fingerprint density at radius 1 is 0.800 bits per heavy atom. The molecule has 0 saturated heterocycles. The molecule has 0 radical (unpaired) electrons. The third-order valence-corrected chi connectivity index (χ3v) is 6.81. The van der Waals surface area contributed by atoms with Gasteiger partial charge in [0, 0.05) is 17.7 Å². The van der Waals surface area contributed by atoms with E-state index in [0.717, 1.165) is 5.56 Å². The van der Waals surface area contributed by atoms with Gasteiger partial charge in [-0.15, -0.1) is 0 Å². The summed E-state index contributed by atoms with van der Waals surface area (Å²) in [7, 11) is 0.0599. The van der Waals surface area contributed by atoms with E-state index < -0.39 is 21.9 Å². The summed E-state index contributed by atoms with van der Waals surface area (Å²) in [6.45, 7) is 3.42. The molecule has 35 heavy (non-hydrogen) atoms. The molecular weight excluding hydrogens is 472 g/mol. The number of carbonyl (C=O) groups is 2. The van der Waals surface area contributed by atoms with Crippen LogP contribution in [0.1, 0.15) is 31.8 Å². The van der Waals surface area contributed by atoms with E-state index in [1.807, 2.05) is 0 Å². The summed E-state index contributed by atoms with van der Waals surface area (Å²) < 4.78 is 44.1. The van der Waals surface area contributed by atoms with Gasteiger partial charge < -0.3 is 19.5 Å². The van der Waals surface area contributed by atoms with E-state index in [1.54, 1.807) is 38.1 Å². The predicted octanol–water partition coefficient (Wildman–Crippen LogP) is 4.16. The molecular formula is C25H26N2O7S. The third kappa shape index (κ3) is 5.55. The maximum Gasteiger partial charge on any atom is 0.340 e. The lowest BCUT2D eigenvalue weighted by Gasteiger charge is -2.16. The monoisotopic (exact) mass is 498 g/mol. The summed E-state index contributed by atoms with van der Waals surface area (Å²) in [6.07, 6.45) is 0. The van der Waals surface area contributed by atoms with Crippen LogP contribution in [-0.4, -0.2) is 41.6 Å². The number of aryl methyl sites for hydroxylation is 2. The number of ether oxygens (including phenoxy) is 3. The second-order valence-electron chi connectivity index (χ2n) is 7.60. The first kappa shape index (κ1) is 25.6. The van der Waals surface area contributed by atoms with Crippen LogP contribution in [0, 0.1) is 13.8 Å². The van der Waals surface area contributed by atoms with E-state index in [1.165, 1.54) is 51.7 Å². The van der Waals surface area contributed by atoms with Gasteiger partial charge in [-0.05, 0) is 43.2 Å². The van der Waals surface area contributed by atoms with Gasteiger partial charge in [0.15, 0.2) is 11.5 Å². The number of carbonyl (C=O) groups excluding carboxylic acids is 2. The Morgan fingerprint density at radius 3 is 2.09 bits per heavy atom. The standard InChI is InChI=1S/C25H26N2O7S/c1-15-8-6-7-9-19(15)27-35(30,31)23-12-17(11-10-16(23)2)24(28)26-20-14-22(33-4)21(32-3)13-18(20)25(29)34-5/h6-14,27H,1-5H3,(H,26,28). The molecule has 0 aliphatic carbocycles. The van der Waals surface area contributed by atoms with Gasteiger partial charge in [-0.3, -0.25) is 9.52 Å². The minimum absolute atomic E-state index is 0.0414. The molecule has 1 amide bonds. The molecule has 3 aromatic rings. The van der Waals surface area contributed by atoms with Crippen molar-refractivity contribution in [2.24, 2.45) is 0 Å². The van der Waals surface area contributed by atoms with Crippen molar-refractivity contribution in [3.63, 3.8) is 0 Å². The normalized spacial score (nSPS) is 10.9. The van der Waals surface area contributed by atoms with Crippen LogP contribution in [0.5, 0.6) is 11.5 Å². The molecule has 10 heteroatoms. The zero-order chi connectivity index (χ0) is 25.8. The van der Waals surface area contributed by atoms with Gasteiger partial charge in [-0.25, -0.2) is 13.2 Å². The molecule has 0 aliphatic rings. The Labute approximate surface area is 204 Å². The summed E-state index contributed by atoms with van der Waals surface area (Å²) in [5.74, 6) is -0.771. The molecule has 0 saturated carbocycles. The number of sulfonamides is 1. The first-order valence-electron chi connectivity index (χ1n) is 10.5. The zero-order valence-electron chi connectivity index (χ0n) is 20.0. The minimum Gasteiger partial charge on any atom is -0.493 e. The van der Waals surface area contributed by atoms with E-state index in [-0.39, 0.29) is 33.2 Å². The van der Waals surface area contributed by atoms with Gasteiger partial charge in [-0.2, -0.15) is 0 Å². The van der Waals surface area contributed by atoms with Gasteiger partial charge in [0.1, 0.15) is 0 Å². The van der Waals surface area contributed by atoms with Crippen LogP contribution in [0.2, 0.25) is 0 Å². The molecule has 9 nitrogen and oxygen atoms in total. The maximum atomic E-state index is 13.1. The fourth-order valence-electron chi connectivity index (χ4n) is 3.37. The summed E-state index contributed by atoms with van der Waals surface area (Å²) in [6, 6.07) is 14.1. The predicted molar refractivity (Wildman–Crippen MR) is 132 cm³/mol. The summed E-state index contributed by atoms with van der Waals surface area (Å²) in [4.78, 5) is 25.3. The number of rotatable bonds is 8. The lowest BCUT2D eigenvalue weighted by molar-refractivity contribution is 0.0601. The first-order chi connectivity index (χ1) is 16.6. The van der Waals surface area contributed by atoms with Crippen molar-refractivity contribution in [3.8, 4) is 11.5 Å². The lowest BCUT2D eigenvalue weighted by atomic mass is 10.1. The highest BCUT2D eigenvalue weighted by Crippen LogP contribution is 2.34. The number of amides is 1. The number of benzene rings is 3. The van der Waals surface area contributed by atoms with Gasteiger partial charge in [-0.1, -0.05) is 24.3 Å². The first-order valence-corrected chi connectivity index (χ1v) is 11.9. The van der Waals surface area contributed by atoms with Crippen molar-refractivity contribution >= 4 is 33.3 Å². The molecule has 0 spiro atoms. The quantitative estimate of drug-likeness (QED) is 0.448. The summed E-state index contributed by atoms with van der Waals surface area (Å²) in [5.41, 5.74) is 1.89. The highest BCUT2D eigenvalue weighted by atomic mass is 32.2. The van der Waals surface area contributed by atoms with E-state index in [0.29, 0.717) is 11.3 Å². The highest BCUT2D eigenvalue weighted by molar-refractivity contribution is 7.92. The molecule has 184 valence electrons. The Hall–Kier alpha value is -4.05. The van der Waals surface area contributed by atoms with Crippen molar-refractivity contribution in [1.29, 1.82) is 0 Å². The number of para-hydroxylation sites is 1. The third-order valence-electron chi connectivity index (χ3n) is 5.31. The smallest absolute Gasteiger partial charge is 0.340 e. The molecule has 2 N–H and O–H groups in total. The van der Waals surface area contributed by atoms with E-state index in [9.17, 15) is 18.0 Å². The Balaban J connectivity index is 1.98. The average Bonchev–Trinajstić information content (AvgIpc) is 2.84. The topological polar surface area (TPSA) is 120 Å². The molecule has 0 fully saturated rings. The van der Waals surface area contributed by atoms with Gasteiger partial charge in [0.25, 0.3) is 15.9 Å². The summed E-state index contributed by atoms with van der Waals surface area (Å²) >= 11 is 0. The fraction of sp³-hybridized carbons (Fsp3) is 0.200. The average molecular weight is 499 g/mol. The number of hydrogen-bond donors (Lipinski definition) is 2. The number of nitrogens with one attached hydrogen (secondary N) is 2. The molecule has 0 atom stereocenters. The van der Waals surface area contributed by atoms with Crippen molar-refractivity contribution in [3.05, 3.63) is 76.9 Å². The Bertz CT molecular complexity index is 1380. The lowest BCUT2D eigenvalue weighted by Crippen LogP contribution is -2.18. The van der Waals surface area contributed by atoms with Gasteiger partial charge in [0.2, 0.25) is 0 Å². The Morgan fingerprint density at radius 2 is 1.46 bits per heavy atom. The molecule has 0 unspecified atom stereocenters. The van der Waals surface area contributed by atoms with E-state index in [2.05, 4.69) is 10.0 Å². The molecule has 0 aliphatic heterocycles. The molecule has 0 heterocycles. The summed E-state index contributed by atoms with van der Waals surface area (Å²) in [5, 5.41) is 2.63. The zero-order valence-corrected chi connectivity index (χ0v) is 20.8. The van der Waals surface area contributed by atoms with Crippen LogP contribution in [0.4, 0.5) is 11.4 Å². The van der Waals surface area contributed by atoms with Crippen LogP contribution >= 0.6 is 0 Å². The molecule has 3 aromatic carbocycles. The second kappa shape index (κ2) is 10.5. The molecule has 0 aromatic heterocycles.